The van der Waals surface area contributed by atoms with Crippen molar-refractivity contribution >= 4 is 27.5 Å². The number of rotatable bonds is 8. The highest BCUT2D eigenvalue weighted by Gasteiger charge is 2.25. The second-order valence-electron chi connectivity index (χ2n) is 7.23. The van der Waals surface area contributed by atoms with Crippen molar-refractivity contribution in [3.8, 4) is 0 Å². The number of carbonyl (C=O) groups is 1. The molecule has 3 aromatic carbocycles. The molecule has 0 aliphatic carbocycles. The molecule has 3 rings (SSSR count). The smallest absolute Gasteiger partial charge is 0.253 e. The first-order valence-corrected chi connectivity index (χ1v) is 11.8. The van der Waals surface area contributed by atoms with Crippen LogP contribution in [-0.2, 0) is 23.1 Å². The summed E-state index contributed by atoms with van der Waals surface area (Å²) in [7, 11) is -2.01. The van der Waals surface area contributed by atoms with Crippen LogP contribution in [0.2, 0.25) is 5.02 Å². The summed E-state index contributed by atoms with van der Waals surface area (Å²) in [5.74, 6) is -0.0658. The number of amides is 1. The van der Waals surface area contributed by atoms with E-state index in [0.29, 0.717) is 17.1 Å². The number of hydrogen-bond donors (Lipinski definition) is 0. The van der Waals surface area contributed by atoms with Crippen molar-refractivity contribution < 1.29 is 13.2 Å². The first-order chi connectivity index (χ1) is 14.8. The van der Waals surface area contributed by atoms with Crippen LogP contribution in [0.4, 0.5) is 0 Å². The molecule has 0 spiro atoms. The highest BCUT2D eigenvalue weighted by molar-refractivity contribution is 7.89. The Morgan fingerprint density at radius 2 is 1.39 bits per heavy atom. The fourth-order valence-electron chi connectivity index (χ4n) is 3.09. The van der Waals surface area contributed by atoms with Gasteiger partial charge in [0.2, 0.25) is 10.0 Å². The lowest BCUT2D eigenvalue weighted by Crippen LogP contribution is -2.30. The van der Waals surface area contributed by atoms with Gasteiger partial charge in [-0.25, -0.2) is 8.42 Å². The Morgan fingerprint density at radius 3 is 1.94 bits per heavy atom. The molecule has 0 bridgehead atoms. The average Bonchev–Trinajstić information content (AvgIpc) is 2.79. The lowest BCUT2D eigenvalue weighted by atomic mass is 10.1. The van der Waals surface area contributed by atoms with Gasteiger partial charge in [0.05, 0.1) is 4.90 Å². The lowest BCUT2D eigenvalue weighted by molar-refractivity contribution is 0.0802. The summed E-state index contributed by atoms with van der Waals surface area (Å²) in [4.78, 5) is 14.1. The molecule has 1 amide bonds. The molecule has 0 fully saturated rings. The van der Waals surface area contributed by atoms with Crippen LogP contribution >= 0.6 is 11.6 Å². The Hall–Kier alpha value is -2.67. The van der Waals surface area contributed by atoms with Crippen LogP contribution < -0.4 is 0 Å². The van der Waals surface area contributed by atoms with Gasteiger partial charge in [0, 0.05) is 37.3 Å². The maximum absolute atomic E-state index is 13.4. The molecular formula is C24H25ClN2O3S. The van der Waals surface area contributed by atoms with Gasteiger partial charge in [-0.3, -0.25) is 4.79 Å². The summed E-state index contributed by atoms with van der Waals surface area (Å²) in [5, 5.41) is 0.478. The molecule has 0 radical (unpaired) electrons. The summed E-state index contributed by atoms with van der Waals surface area (Å²) >= 11 is 5.93. The second-order valence-corrected chi connectivity index (χ2v) is 9.60. The maximum Gasteiger partial charge on any atom is 0.253 e. The monoisotopic (exact) mass is 456 g/mol. The maximum atomic E-state index is 13.4. The van der Waals surface area contributed by atoms with Gasteiger partial charge in [0.15, 0.2) is 0 Å². The minimum Gasteiger partial charge on any atom is -0.342 e. The van der Waals surface area contributed by atoms with Gasteiger partial charge in [-0.1, -0.05) is 54.1 Å². The van der Waals surface area contributed by atoms with Crippen molar-refractivity contribution in [2.24, 2.45) is 0 Å². The van der Waals surface area contributed by atoms with E-state index >= 15 is 0 Å². The quantitative estimate of drug-likeness (QED) is 0.488. The molecule has 5 nitrogen and oxygen atoms in total. The number of hydrogen-bond acceptors (Lipinski definition) is 3. The van der Waals surface area contributed by atoms with E-state index in [-0.39, 0.29) is 23.9 Å². The van der Waals surface area contributed by atoms with E-state index in [4.69, 9.17) is 11.6 Å². The molecule has 0 aliphatic rings. The molecule has 0 N–H and O–H groups in total. The summed E-state index contributed by atoms with van der Waals surface area (Å²) in [6.07, 6.45) is 0. The van der Waals surface area contributed by atoms with Crippen molar-refractivity contribution in [3.63, 3.8) is 0 Å². The molecule has 7 heteroatoms. The Morgan fingerprint density at radius 1 is 0.839 bits per heavy atom. The average molecular weight is 457 g/mol. The van der Waals surface area contributed by atoms with Crippen LogP contribution in [0.1, 0.15) is 28.4 Å². The summed E-state index contributed by atoms with van der Waals surface area (Å²) in [6, 6.07) is 22.7. The van der Waals surface area contributed by atoms with Crippen molar-refractivity contribution in [2.45, 2.75) is 24.9 Å². The van der Waals surface area contributed by atoms with Gasteiger partial charge in [-0.15, -0.1) is 0 Å². The molecule has 0 heterocycles. The summed E-state index contributed by atoms with van der Waals surface area (Å²) < 4.78 is 28.2. The molecule has 0 unspecified atom stereocenters. The van der Waals surface area contributed by atoms with Gasteiger partial charge in [-0.05, 0) is 54.4 Å². The number of benzene rings is 3. The Labute approximate surface area is 188 Å². The van der Waals surface area contributed by atoms with Crippen molar-refractivity contribution in [1.29, 1.82) is 0 Å². The third-order valence-corrected chi connectivity index (χ3v) is 7.09. The molecule has 3 aromatic rings. The zero-order valence-electron chi connectivity index (χ0n) is 17.5. The second kappa shape index (κ2) is 10.1. The topological polar surface area (TPSA) is 57.7 Å². The number of halogens is 1. The van der Waals surface area contributed by atoms with E-state index in [1.165, 1.54) is 16.4 Å². The van der Waals surface area contributed by atoms with Gasteiger partial charge in [0.25, 0.3) is 5.91 Å². The minimum atomic E-state index is -3.76. The number of nitrogens with zero attached hydrogens (tertiary/aromatic N) is 2. The molecule has 0 atom stereocenters. The largest absolute Gasteiger partial charge is 0.342 e. The van der Waals surface area contributed by atoms with Gasteiger partial charge < -0.3 is 4.90 Å². The Kier molecular flexibility index (Phi) is 7.49. The van der Waals surface area contributed by atoms with Crippen molar-refractivity contribution in [3.05, 3.63) is 101 Å². The zero-order chi connectivity index (χ0) is 22.4. The van der Waals surface area contributed by atoms with Gasteiger partial charge >= 0.3 is 0 Å². The van der Waals surface area contributed by atoms with E-state index in [0.717, 1.165) is 11.1 Å². The molecule has 0 aromatic heterocycles. The lowest BCUT2D eigenvalue weighted by Gasteiger charge is -2.23. The highest BCUT2D eigenvalue weighted by atomic mass is 35.5. The minimum absolute atomic E-state index is 0.0658. The van der Waals surface area contributed by atoms with E-state index in [9.17, 15) is 13.2 Å². The van der Waals surface area contributed by atoms with Crippen LogP contribution in [0.5, 0.6) is 0 Å². The molecule has 162 valence electrons. The van der Waals surface area contributed by atoms with Crippen molar-refractivity contribution in [1.82, 2.24) is 9.21 Å². The van der Waals surface area contributed by atoms with E-state index in [2.05, 4.69) is 0 Å². The summed E-state index contributed by atoms with van der Waals surface area (Å²) in [6.45, 7) is 2.93. The summed E-state index contributed by atoms with van der Waals surface area (Å²) in [5.41, 5.74) is 2.25. The molecule has 0 saturated carbocycles. The normalized spacial score (nSPS) is 11.5. The fourth-order valence-corrected chi connectivity index (χ4v) is 4.63. The van der Waals surface area contributed by atoms with Crippen LogP contribution in [0.3, 0.4) is 0 Å². The molecular weight excluding hydrogens is 432 g/mol. The van der Waals surface area contributed by atoms with Crippen LogP contribution in [0, 0.1) is 0 Å². The van der Waals surface area contributed by atoms with Crippen LogP contribution in [0.25, 0.3) is 0 Å². The third-order valence-electron chi connectivity index (χ3n) is 5.03. The van der Waals surface area contributed by atoms with E-state index in [1.54, 1.807) is 48.3 Å². The molecule has 31 heavy (non-hydrogen) atoms. The highest BCUT2D eigenvalue weighted by Crippen LogP contribution is 2.23. The number of sulfonamides is 1. The molecule has 0 saturated heterocycles. The predicted molar refractivity (Wildman–Crippen MR) is 123 cm³/mol. The van der Waals surface area contributed by atoms with Gasteiger partial charge in [0.1, 0.15) is 0 Å². The Bertz CT molecular complexity index is 1120. The van der Waals surface area contributed by atoms with E-state index in [1.807, 2.05) is 37.3 Å². The Balaban J connectivity index is 1.90. The first-order valence-electron chi connectivity index (χ1n) is 9.95. The standard InChI is InChI=1S/C24H25ClN2O3S/c1-3-26(2)24(28)21-11-9-20(10-12-21)18-27(17-19-7-5-4-6-8-19)31(29,30)23-15-13-22(25)14-16-23/h4-16H,3,17-18H2,1-2H3. The molecule has 0 aliphatic heterocycles. The van der Waals surface area contributed by atoms with Gasteiger partial charge in [-0.2, -0.15) is 4.31 Å². The van der Waals surface area contributed by atoms with E-state index < -0.39 is 10.0 Å². The zero-order valence-corrected chi connectivity index (χ0v) is 19.1. The van der Waals surface area contributed by atoms with Crippen LogP contribution in [0.15, 0.2) is 83.8 Å². The number of carbonyl (C=O) groups excluding carboxylic acids is 1. The third kappa shape index (κ3) is 5.73. The fraction of sp³-hybridized carbons (Fsp3) is 0.208. The predicted octanol–water partition coefficient (Wildman–Crippen LogP) is 4.82. The SMILES string of the molecule is CCN(C)C(=O)c1ccc(CN(Cc2ccccc2)S(=O)(=O)c2ccc(Cl)cc2)cc1. The van der Waals surface area contributed by atoms with Crippen molar-refractivity contribution in [2.75, 3.05) is 13.6 Å². The van der Waals surface area contributed by atoms with Crippen LogP contribution in [-0.4, -0.2) is 37.1 Å². The first kappa shape index (κ1) is 23.0.